The van der Waals surface area contributed by atoms with Gasteiger partial charge in [-0.3, -0.25) is 5.32 Å². The number of nitrogens with one attached hydrogen (secondary N) is 2. The number of phenols is 1. The maximum Gasteiger partial charge on any atom is 0.320 e. The molecule has 0 aliphatic rings. The number of nitrogens with zero attached hydrogens (tertiary/aromatic N) is 2. The topological polar surface area (TPSA) is 79.2 Å². The van der Waals surface area contributed by atoms with Crippen LogP contribution in [0.4, 0.5) is 10.6 Å². The third-order valence-electron chi connectivity index (χ3n) is 3.80. The molecule has 130 valence electrons. The van der Waals surface area contributed by atoms with E-state index in [2.05, 4.69) is 29.6 Å². The van der Waals surface area contributed by atoms with Gasteiger partial charge in [0.25, 0.3) is 0 Å². The van der Waals surface area contributed by atoms with E-state index < -0.39 is 0 Å². The average Bonchev–Trinajstić information content (AvgIpc) is 2.85. The van der Waals surface area contributed by atoms with E-state index in [1.807, 2.05) is 24.6 Å². The number of urea groups is 1. The highest BCUT2D eigenvalue weighted by atomic mass is 16.3. The normalized spacial score (nSPS) is 12.2. The summed E-state index contributed by atoms with van der Waals surface area (Å²) in [7, 11) is 0. The van der Waals surface area contributed by atoms with E-state index in [-0.39, 0.29) is 17.8 Å². The lowest BCUT2D eigenvalue weighted by molar-refractivity contribution is 0.249. The van der Waals surface area contributed by atoms with Gasteiger partial charge in [-0.05, 0) is 43.9 Å². The Balaban J connectivity index is 1.97. The van der Waals surface area contributed by atoms with E-state index in [0.29, 0.717) is 11.7 Å². The molecule has 0 aliphatic heterocycles. The number of aryl methyl sites for hydroxylation is 2. The number of aromatic nitrogens is 2. The van der Waals surface area contributed by atoms with Gasteiger partial charge in [-0.25, -0.2) is 9.48 Å². The molecule has 1 aromatic carbocycles. The summed E-state index contributed by atoms with van der Waals surface area (Å²) in [5.74, 6) is 1.48. The van der Waals surface area contributed by atoms with Gasteiger partial charge in [0.05, 0.1) is 11.7 Å². The Labute approximate surface area is 142 Å². The number of hydrogen-bond donors (Lipinski definition) is 3. The number of phenolic OH excluding ortho intramolecular Hbond substituents is 1. The minimum absolute atomic E-state index is 0.168. The lowest BCUT2D eigenvalue weighted by Crippen LogP contribution is -2.32. The van der Waals surface area contributed by atoms with Gasteiger partial charge in [-0.2, -0.15) is 5.10 Å². The lowest BCUT2D eigenvalue weighted by atomic mass is 10.1. The van der Waals surface area contributed by atoms with Gasteiger partial charge >= 0.3 is 6.03 Å². The fourth-order valence-electron chi connectivity index (χ4n) is 2.39. The first kappa shape index (κ1) is 17.8. The molecule has 1 heterocycles. The molecule has 0 saturated carbocycles. The summed E-state index contributed by atoms with van der Waals surface area (Å²) in [5.41, 5.74) is 1.80. The Kier molecular flexibility index (Phi) is 5.84. The SMILES string of the molecule is Cc1cc(NC(=O)NC(C)c2ccc(O)cc2)n(CCC(C)C)n1. The van der Waals surface area contributed by atoms with Gasteiger partial charge in [0.15, 0.2) is 0 Å². The molecular formula is C18H26N4O2. The van der Waals surface area contributed by atoms with E-state index in [0.717, 1.165) is 24.2 Å². The Morgan fingerprint density at radius 1 is 1.25 bits per heavy atom. The summed E-state index contributed by atoms with van der Waals surface area (Å²) < 4.78 is 1.83. The Bertz CT molecular complexity index is 677. The molecule has 6 heteroatoms. The van der Waals surface area contributed by atoms with Gasteiger partial charge in [0.1, 0.15) is 11.6 Å². The Morgan fingerprint density at radius 2 is 1.92 bits per heavy atom. The van der Waals surface area contributed by atoms with E-state index in [1.165, 1.54) is 0 Å². The van der Waals surface area contributed by atoms with Gasteiger partial charge in [0.2, 0.25) is 0 Å². The number of benzene rings is 1. The van der Waals surface area contributed by atoms with Crippen molar-refractivity contribution in [2.24, 2.45) is 5.92 Å². The molecule has 0 saturated heterocycles. The number of anilines is 1. The van der Waals surface area contributed by atoms with Crippen LogP contribution in [0.1, 0.15) is 44.5 Å². The van der Waals surface area contributed by atoms with Crippen LogP contribution in [0.2, 0.25) is 0 Å². The molecule has 1 unspecified atom stereocenters. The van der Waals surface area contributed by atoms with Crippen LogP contribution in [-0.4, -0.2) is 20.9 Å². The summed E-state index contributed by atoms with van der Waals surface area (Å²) in [6, 6.07) is 8.21. The van der Waals surface area contributed by atoms with Crippen molar-refractivity contribution in [3.63, 3.8) is 0 Å². The van der Waals surface area contributed by atoms with E-state index in [1.54, 1.807) is 24.3 Å². The highest BCUT2D eigenvalue weighted by Gasteiger charge is 2.13. The highest BCUT2D eigenvalue weighted by molar-refractivity contribution is 5.88. The maximum atomic E-state index is 12.3. The summed E-state index contributed by atoms with van der Waals surface area (Å²) >= 11 is 0. The minimum Gasteiger partial charge on any atom is -0.508 e. The van der Waals surface area contributed by atoms with Crippen molar-refractivity contribution >= 4 is 11.8 Å². The first-order chi connectivity index (χ1) is 11.3. The first-order valence-corrected chi connectivity index (χ1v) is 8.26. The number of rotatable bonds is 6. The molecule has 24 heavy (non-hydrogen) atoms. The zero-order chi connectivity index (χ0) is 17.7. The smallest absolute Gasteiger partial charge is 0.320 e. The fourth-order valence-corrected chi connectivity index (χ4v) is 2.39. The third-order valence-corrected chi connectivity index (χ3v) is 3.80. The standard InChI is InChI=1S/C18H26N4O2/c1-12(2)9-10-22-17(11-13(3)21-22)20-18(24)19-14(4)15-5-7-16(23)8-6-15/h5-8,11-12,14,23H,9-10H2,1-4H3,(H2,19,20,24). The monoisotopic (exact) mass is 330 g/mol. The largest absolute Gasteiger partial charge is 0.508 e. The number of aromatic hydroxyl groups is 1. The zero-order valence-electron chi connectivity index (χ0n) is 14.7. The molecule has 2 rings (SSSR count). The Morgan fingerprint density at radius 3 is 2.54 bits per heavy atom. The van der Waals surface area contributed by atoms with Crippen molar-refractivity contribution in [1.29, 1.82) is 0 Å². The molecule has 1 atom stereocenters. The number of carbonyl (C=O) groups is 1. The average molecular weight is 330 g/mol. The van der Waals surface area contributed by atoms with Gasteiger partial charge in [-0.15, -0.1) is 0 Å². The molecule has 0 fully saturated rings. The fraction of sp³-hybridized carbons (Fsp3) is 0.444. The summed E-state index contributed by atoms with van der Waals surface area (Å²) in [6.07, 6.45) is 1.00. The molecule has 6 nitrogen and oxygen atoms in total. The summed E-state index contributed by atoms with van der Waals surface area (Å²) in [6.45, 7) is 8.90. The van der Waals surface area contributed by atoms with Gasteiger partial charge in [0, 0.05) is 12.6 Å². The van der Waals surface area contributed by atoms with Crippen molar-refractivity contribution in [1.82, 2.24) is 15.1 Å². The zero-order valence-corrected chi connectivity index (χ0v) is 14.7. The van der Waals surface area contributed by atoms with Crippen LogP contribution in [0.25, 0.3) is 0 Å². The molecule has 0 spiro atoms. The first-order valence-electron chi connectivity index (χ1n) is 8.26. The van der Waals surface area contributed by atoms with Crippen LogP contribution >= 0.6 is 0 Å². The Hall–Kier alpha value is -2.50. The highest BCUT2D eigenvalue weighted by Crippen LogP contribution is 2.17. The molecular weight excluding hydrogens is 304 g/mol. The molecule has 2 aromatic rings. The molecule has 0 bridgehead atoms. The van der Waals surface area contributed by atoms with Crippen molar-refractivity contribution < 1.29 is 9.90 Å². The van der Waals surface area contributed by atoms with Crippen molar-refractivity contribution in [2.45, 2.75) is 46.7 Å². The van der Waals surface area contributed by atoms with Crippen molar-refractivity contribution in [3.05, 3.63) is 41.6 Å². The van der Waals surface area contributed by atoms with Crippen LogP contribution in [-0.2, 0) is 6.54 Å². The summed E-state index contributed by atoms with van der Waals surface area (Å²) in [4.78, 5) is 12.3. The van der Waals surface area contributed by atoms with Crippen LogP contribution < -0.4 is 10.6 Å². The molecule has 1 aromatic heterocycles. The molecule has 3 N–H and O–H groups in total. The van der Waals surface area contributed by atoms with E-state index in [9.17, 15) is 9.90 Å². The maximum absolute atomic E-state index is 12.3. The van der Waals surface area contributed by atoms with Crippen molar-refractivity contribution in [2.75, 3.05) is 5.32 Å². The predicted octanol–water partition coefficient (Wildman–Crippen LogP) is 3.83. The van der Waals surface area contributed by atoms with Crippen LogP contribution in [0.3, 0.4) is 0 Å². The second-order valence-corrected chi connectivity index (χ2v) is 6.49. The van der Waals surface area contributed by atoms with Gasteiger partial charge < -0.3 is 10.4 Å². The second kappa shape index (κ2) is 7.86. The van der Waals surface area contributed by atoms with Crippen LogP contribution in [0.5, 0.6) is 5.75 Å². The third kappa shape index (κ3) is 5.01. The van der Waals surface area contributed by atoms with Crippen LogP contribution in [0, 0.1) is 12.8 Å². The molecule has 2 amide bonds. The van der Waals surface area contributed by atoms with Crippen molar-refractivity contribution in [3.8, 4) is 5.75 Å². The second-order valence-electron chi connectivity index (χ2n) is 6.49. The quantitative estimate of drug-likeness (QED) is 0.753. The summed E-state index contributed by atoms with van der Waals surface area (Å²) in [5, 5.41) is 19.5. The number of amides is 2. The molecule has 0 radical (unpaired) electrons. The lowest BCUT2D eigenvalue weighted by Gasteiger charge is -2.16. The predicted molar refractivity (Wildman–Crippen MR) is 95.1 cm³/mol. The van der Waals surface area contributed by atoms with E-state index in [4.69, 9.17) is 0 Å². The minimum atomic E-state index is -0.277. The van der Waals surface area contributed by atoms with E-state index >= 15 is 0 Å². The molecule has 0 aliphatic carbocycles. The van der Waals surface area contributed by atoms with Gasteiger partial charge in [-0.1, -0.05) is 26.0 Å². The number of carbonyl (C=O) groups excluding carboxylic acids is 1. The van der Waals surface area contributed by atoms with Crippen LogP contribution in [0.15, 0.2) is 30.3 Å². The number of hydrogen-bond acceptors (Lipinski definition) is 3.